The summed E-state index contributed by atoms with van der Waals surface area (Å²) in [6, 6.07) is 23.7. The van der Waals surface area contributed by atoms with Crippen LogP contribution in [0, 0.1) is 0 Å². The van der Waals surface area contributed by atoms with E-state index in [-0.39, 0.29) is 5.78 Å². The molecule has 0 heterocycles. The molecular formula is C20H16O. The minimum absolute atomic E-state index is 0.0643. The molecule has 0 spiro atoms. The number of allylic oxidation sites excluding steroid dienone is 2. The van der Waals surface area contributed by atoms with Gasteiger partial charge in [0.1, 0.15) is 0 Å². The summed E-state index contributed by atoms with van der Waals surface area (Å²) in [4.78, 5) is 12.8. The fourth-order valence-electron chi connectivity index (χ4n) is 2.61. The molecule has 0 radical (unpaired) electrons. The van der Waals surface area contributed by atoms with Crippen molar-refractivity contribution in [1.82, 2.24) is 0 Å². The van der Waals surface area contributed by atoms with Gasteiger partial charge >= 0.3 is 0 Å². The van der Waals surface area contributed by atoms with Crippen molar-refractivity contribution in [2.24, 2.45) is 0 Å². The zero-order valence-electron chi connectivity index (χ0n) is 11.9. The molecule has 0 fully saturated rings. The summed E-state index contributed by atoms with van der Waals surface area (Å²) in [7, 11) is 0. The number of ketones is 1. The smallest absolute Gasteiger partial charge is 0.193 e. The van der Waals surface area contributed by atoms with Gasteiger partial charge in [0.15, 0.2) is 5.78 Å². The molecule has 0 amide bonds. The van der Waals surface area contributed by atoms with Gasteiger partial charge in [0.25, 0.3) is 0 Å². The minimum Gasteiger partial charge on any atom is -0.289 e. The third-order valence-corrected chi connectivity index (χ3v) is 3.65. The lowest BCUT2D eigenvalue weighted by atomic mass is 9.92. The van der Waals surface area contributed by atoms with Crippen LogP contribution in [-0.2, 0) is 0 Å². The van der Waals surface area contributed by atoms with E-state index in [4.69, 9.17) is 0 Å². The molecule has 0 aliphatic heterocycles. The second-order valence-corrected chi connectivity index (χ2v) is 4.92. The highest BCUT2D eigenvalue weighted by atomic mass is 16.1. The Morgan fingerprint density at radius 1 is 0.810 bits per heavy atom. The molecule has 0 saturated heterocycles. The van der Waals surface area contributed by atoms with Crippen molar-refractivity contribution >= 4 is 22.1 Å². The quantitative estimate of drug-likeness (QED) is 0.477. The van der Waals surface area contributed by atoms with Gasteiger partial charge in [0, 0.05) is 11.1 Å². The molecule has 3 aromatic carbocycles. The second-order valence-electron chi connectivity index (χ2n) is 4.92. The maximum absolute atomic E-state index is 12.8. The first-order valence-electron chi connectivity index (χ1n) is 7.05. The van der Waals surface area contributed by atoms with Gasteiger partial charge in [-0.3, -0.25) is 4.79 Å². The van der Waals surface area contributed by atoms with Gasteiger partial charge in [-0.25, -0.2) is 0 Å². The molecule has 1 heteroatoms. The Labute approximate surface area is 124 Å². The number of hydrogen-bond acceptors (Lipinski definition) is 1. The molecule has 0 aromatic heterocycles. The third kappa shape index (κ3) is 2.50. The standard InChI is InChI=1S/C20H16O/c1-2-17(20(21)16-10-4-3-5-11-16)19-14-8-12-15-9-6-7-13-18(15)19/h2-14H,1H3/b17-2+. The van der Waals surface area contributed by atoms with E-state index in [1.807, 2.05) is 67.6 Å². The molecule has 0 bridgehead atoms. The zero-order chi connectivity index (χ0) is 14.7. The summed E-state index contributed by atoms with van der Waals surface area (Å²) in [5.74, 6) is 0.0643. The van der Waals surface area contributed by atoms with Gasteiger partial charge < -0.3 is 0 Å². The first-order chi connectivity index (χ1) is 10.3. The fourth-order valence-corrected chi connectivity index (χ4v) is 2.61. The molecule has 0 N–H and O–H groups in total. The molecule has 0 unspecified atom stereocenters. The predicted octanol–water partition coefficient (Wildman–Crippen LogP) is 5.13. The van der Waals surface area contributed by atoms with Crippen molar-refractivity contribution in [1.29, 1.82) is 0 Å². The Hall–Kier alpha value is -2.67. The average molecular weight is 272 g/mol. The van der Waals surface area contributed by atoms with Crippen LogP contribution in [0.15, 0.2) is 78.9 Å². The molecule has 0 aliphatic rings. The summed E-state index contributed by atoms with van der Waals surface area (Å²) < 4.78 is 0. The lowest BCUT2D eigenvalue weighted by molar-refractivity contribution is 0.105. The van der Waals surface area contributed by atoms with Crippen LogP contribution in [0.4, 0.5) is 0 Å². The minimum atomic E-state index is 0.0643. The fraction of sp³-hybridized carbons (Fsp3) is 0.0500. The van der Waals surface area contributed by atoms with Crippen molar-refractivity contribution in [3.63, 3.8) is 0 Å². The summed E-state index contributed by atoms with van der Waals surface area (Å²) >= 11 is 0. The second kappa shape index (κ2) is 5.76. The van der Waals surface area contributed by atoms with Crippen LogP contribution < -0.4 is 0 Å². The molecule has 21 heavy (non-hydrogen) atoms. The summed E-state index contributed by atoms with van der Waals surface area (Å²) in [6.45, 7) is 1.91. The summed E-state index contributed by atoms with van der Waals surface area (Å²) in [6.07, 6.45) is 1.90. The van der Waals surface area contributed by atoms with Crippen LogP contribution >= 0.6 is 0 Å². The lowest BCUT2D eigenvalue weighted by Crippen LogP contribution is -2.03. The first kappa shape index (κ1) is 13.3. The Morgan fingerprint density at radius 3 is 2.24 bits per heavy atom. The third-order valence-electron chi connectivity index (χ3n) is 3.65. The Morgan fingerprint density at radius 2 is 1.48 bits per heavy atom. The number of carbonyl (C=O) groups excluding carboxylic acids is 1. The van der Waals surface area contributed by atoms with Gasteiger partial charge in [-0.15, -0.1) is 0 Å². The van der Waals surface area contributed by atoms with Crippen LogP contribution in [0.2, 0.25) is 0 Å². The Bertz CT molecular complexity index is 808. The SMILES string of the molecule is C/C=C(/C(=O)c1ccccc1)c1cccc2ccccc12. The predicted molar refractivity (Wildman–Crippen MR) is 88.4 cm³/mol. The van der Waals surface area contributed by atoms with E-state index in [9.17, 15) is 4.79 Å². The number of carbonyl (C=O) groups is 1. The van der Waals surface area contributed by atoms with E-state index in [1.54, 1.807) is 0 Å². The van der Waals surface area contributed by atoms with Gasteiger partial charge in [-0.1, -0.05) is 78.9 Å². The maximum atomic E-state index is 12.8. The summed E-state index contributed by atoms with van der Waals surface area (Å²) in [5, 5.41) is 2.26. The highest BCUT2D eigenvalue weighted by Crippen LogP contribution is 2.27. The number of benzene rings is 3. The average Bonchev–Trinajstić information content (AvgIpc) is 2.56. The molecule has 0 saturated carbocycles. The molecule has 3 rings (SSSR count). The van der Waals surface area contributed by atoms with Crippen LogP contribution in [0.3, 0.4) is 0 Å². The van der Waals surface area contributed by atoms with E-state index in [1.165, 1.54) is 0 Å². The van der Waals surface area contributed by atoms with Crippen molar-refractivity contribution in [3.8, 4) is 0 Å². The Kier molecular flexibility index (Phi) is 3.65. The number of hydrogen-bond donors (Lipinski definition) is 0. The van der Waals surface area contributed by atoms with Crippen molar-refractivity contribution in [3.05, 3.63) is 90.0 Å². The zero-order valence-corrected chi connectivity index (χ0v) is 11.9. The largest absolute Gasteiger partial charge is 0.289 e. The van der Waals surface area contributed by atoms with Gasteiger partial charge in [-0.2, -0.15) is 0 Å². The van der Waals surface area contributed by atoms with Crippen LogP contribution in [0.1, 0.15) is 22.8 Å². The van der Waals surface area contributed by atoms with E-state index in [0.29, 0.717) is 0 Å². The molecule has 0 aliphatic carbocycles. The number of rotatable bonds is 3. The molecular weight excluding hydrogens is 256 g/mol. The van der Waals surface area contributed by atoms with E-state index >= 15 is 0 Å². The topological polar surface area (TPSA) is 17.1 Å². The highest BCUT2D eigenvalue weighted by Gasteiger charge is 2.15. The number of fused-ring (bicyclic) bond motifs is 1. The van der Waals surface area contributed by atoms with Crippen LogP contribution in [0.5, 0.6) is 0 Å². The molecule has 3 aromatic rings. The molecule has 102 valence electrons. The van der Waals surface area contributed by atoms with Gasteiger partial charge in [0.2, 0.25) is 0 Å². The summed E-state index contributed by atoms with van der Waals surface area (Å²) in [5.41, 5.74) is 2.46. The monoisotopic (exact) mass is 272 g/mol. The van der Waals surface area contributed by atoms with Crippen LogP contribution in [-0.4, -0.2) is 5.78 Å². The van der Waals surface area contributed by atoms with E-state index < -0.39 is 0 Å². The highest BCUT2D eigenvalue weighted by molar-refractivity contribution is 6.30. The van der Waals surface area contributed by atoms with Crippen molar-refractivity contribution < 1.29 is 4.79 Å². The van der Waals surface area contributed by atoms with Crippen molar-refractivity contribution in [2.45, 2.75) is 6.92 Å². The Balaban J connectivity index is 2.14. The lowest BCUT2D eigenvalue weighted by Gasteiger charge is -2.10. The molecule has 0 atom stereocenters. The number of Topliss-reactive ketones (excluding diaryl/α,β-unsaturated/α-hetero) is 1. The molecule has 1 nitrogen and oxygen atoms in total. The normalized spacial score (nSPS) is 11.6. The van der Waals surface area contributed by atoms with Crippen LogP contribution in [0.25, 0.3) is 16.3 Å². The van der Waals surface area contributed by atoms with E-state index in [2.05, 4.69) is 18.2 Å². The first-order valence-corrected chi connectivity index (χ1v) is 7.05. The van der Waals surface area contributed by atoms with Gasteiger partial charge in [-0.05, 0) is 23.3 Å². The van der Waals surface area contributed by atoms with E-state index in [0.717, 1.165) is 27.5 Å². The maximum Gasteiger partial charge on any atom is 0.193 e. The van der Waals surface area contributed by atoms with Gasteiger partial charge in [0.05, 0.1) is 0 Å². The van der Waals surface area contributed by atoms with Crippen molar-refractivity contribution in [2.75, 3.05) is 0 Å².